The predicted molar refractivity (Wildman–Crippen MR) is 202 cm³/mol. The maximum Gasteiger partial charge on any atom is 0.263 e. The Morgan fingerprint density at radius 2 is 1.08 bits per heavy atom. The van der Waals surface area contributed by atoms with Gasteiger partial charge in [0.05, 0.1) is 16.6 Å². The fourth-order valence-electron chi connectivity index (χ4n) is 8.55. The number of carbonyl (C=O) groups is 4. The van der Waals surface area contributed by atoms with Crippen LogP contribution in [0.1, 0.15) is 107 Å². The van der Waals surface area contributed by atoms with Crippen molar-refractivity contribution >= 4 is 77.8 Å². The zero-order valence-electron chi connectivity index (χ0n) is 28.9. The molecule has 1 N–H and O–H groups in total. The summed E-state index contributed by atoms with van der Waals surface area (Å²) in [5.41, 5.74) is 4.07. The number of rotatable bonds is 11. The molecule has 9 rings (SSSR count). The standard InChI is InChI=1S/C43H38N4O4/c1-3-5-7-12-22-46-40(48)28-19-16-25-26-17-20-30-34-33(26)35(27-18-21-29(41(46)49)32(28)31(25)27)37-38(45-39(44-37)24-14-10-9-11-15-24)36(34)43(51)47(42(30)50)23-13-8-6-4-2/h9-11,14-21H,3-8,12-13,22-23H2,1-2H3,(H,44,45). The first kappa shape index (κ1) is 31.4. The first-order chi connectivity index (χ1) is 24.9. The molecule has 6 aromatic carbocycles. The molecule has 2 aliphatic heterocycles. The molecule has 7 aromatic rings. The van der Waals surface area contributed by atoms with Crippen LogP contribution in [0.3, 0.4) is 0 Å². The molecule has 51 heavy (non-hydrogen) atoms. The molecule has 4 amide bonds. The van der Waals surface area contributed by atoms with Gasteiger partial charge in [-0.15, -0.1) is 0 Å². The minimum absolute atomic E-state index is 0.268. The number of imide groups is 2. The Morgan fingerprint density at radius 3 is 1.69 bits per heavy atom. The van der Waals surface area contributed by atoms with Crippen molar-refractivity contribution in [3.63, 3.8) is 0 Å². The number of unbranched alkanes of at least 4 members (excludes halogenated alkanes) is 6. The van der Waals surface area contributed by atoms with Crippen molar-refractivity contribution in [2.24, 2.45) is 0 Å². The number of nitrogens with one attached hydrogen (secondary N) is 1. The number of nitrogens with zero attached hydrogens (tertiary/aromatic N) is 3. The fraction of sp³-hybridized carbons (Fsp3) is 0.279. The highest BCUT2D eigenvalue weighted by Gasteiger charge is 2.38. The van der Waals surface area contributed by atoms with E-state index >= 15 is 0 Å². The second-order valence-corrected chi connectivity index (χ2v) is 14.1. The molecule has 0 atom stereocenters. The van der Waals surface area contributed by atoms with Crippen LogP contribution in [-0.2, 0) is 0 Å². The van der Waals surface area contributed by atoms with Gasteiger partial charge in [-0.3, -0.25) is 29.0 Å². The number of H-pyrrole nitrogens is 1. The van der Waals surface area contributed by atoms with E-state index in [0.29, 0.717) is 63.0 Å². The maximum atomic E-state index is 14.5. The maximum absolute atomic E-state index is 14.5. The lowest BCUT2D eigenvalue weighted by Crippen LogP contribution is -2.41. The monoisotopic (exact) mass is 674 g/mol. The Morgan fingerprint density at radius 1 is 0.529 bits per heavy atom. The van der Waals surface area contributed by atoms with E-state index in [9.17, 15) is 19.2 Å². The number of hydrogen-bond acceptors (Lipinski definition) is 5. The van der Waals surface area contributed by atoms with E-state index in [4.69, 9.17) is 4.98 Å². The molecule has 0 aliphatic carbocycles. The Balaban J connectivity index is 1.35. The van der Waals surface area contributed by atoms with Crippen LogP contribution in [0, 0.1) is 0 Å². The van der Waals surface area contributed by atoms with Gasteiger partial charge in [0.1, 0.15) is 5.82 Å². The lowest BCUT2D eigenvalue weighted by atomic mass is 9.81. The third-order valence-corrected chi connectivity index (χ3v) is 11.0. The number of hydrogen-bond donors (Lipinski definition) is 1. The van der Waals surface area contributed by atoms with Crippen LogP contribution in [0.15, 0.2) is 66.7 Å². The van der Waals surface area contributed by atoms with E-state index < -0.39 is 0 Å². The highest BCUT2D eigenvalue weighted by Crippen LogP contribution is 2.49. The van der Waals surface area contributed by atoms with Crippen LogP contribution in [0.2, 0.25) is 0 Å². The topological polar surface area (TPSA) is 103 Å². The second-order valence-electron chi connectivity index (χ2n) is 14.1. The zero-order valence-corrected chi connectivity index (χ0v) is 28.9. The van der Waals surface area contributed by atoms with E-state index in [1.165, 1.54) is 9.80 Å². The van der Waals surface area contributed by atoms with Gasteiger partial charge in [0.25, 0.3) is 23.6 Å². The molecule has 0 saturated heterocycles. The van der Waals surface area contributed by atoms with Crippen molar-refractivity contribution in [3.05, 3.63) is 89.0 Å². The summed E-state index contributed by atoms with van der Waals surface area (Å²) in [6.07, 6.45) is 7.66. The summed E-state index contributed by atoms with van der Waals surface area (Å²) in [7, 11) is 0. The number of carbonyl (C=O) groups excluding carboxylic acids is 4. The van der Waals surface area contributed by atoms with E-state index in [1.807, 2.05) is 66.7 Å². The minimum atomic E-state index is -0.313. The van der Waals surface area contributed by atoms with Crippen LogP contribution in [0.5, 0.6) is 0 Å². The smallest absolute Gasteiger partial charge is 0.263 e. The molecule has 0 fully saturated rings. The third kappa shape index (κ3) is 4.48. The van der Waals surface area contributed by atoms with Crippen molar-refractivity contribution < 1.29 is 19.2 Å². The number of benzene rings is 6. The molecule has 8 nitrogen and oxygen atoms in total. The Hall–Kier alpha value is -5.63. The highest BCUT2D eigenvalue weighted by molar-refractivity contribution is 6.45. The number of aromatic nitrogens is 2. The quantitative estimate of drug-likeness (QED) is 0.0637. The van der Waals surface area contributed by atoms with Crippen LogP contribution >= 0.6 is 0 Å². The molecule has 1 aromatic heterocycles. The lowest BCUT2D eigenvalue weighted by molar-refractivity contribution is 0.0593. The van der Waals surface area contributed by atoms with Gasteiger partial charge in [0.2, 0.25) is 0 Å². The van der Waals surface area contributed by atoms with Crippen molar-refractivity contribution in [1.29, 1.82) is 0 Å². The largest absolute Gasteiger partial charge is 0.337 e. The molecule has 3 heterocycles. The van der Waals surface area contributed by atoms with Gasteiger partial charge in [-0.2, -0.15) is 0 Å². The molecule has 2 aliphatic rings. The molecule has 0 spiro atoms. The number of amides is 4. The summed E-state index contributed by atoms with van der Waals surface area (Å²) in [5.74, 6) is -0.513. The van der Waals surface area contributed by atoms with Gasteiger partial charge in [0.15, 0.2) is 0 Å². The SMILES string of the molecule is CCCCCCN1C(=O)c2ccc3c4ccc5c6c(c7[nH]c(-c8ccccc8)nc7c(c7ccc(c2c37)C1=O)c64)C(=O)N(CCCCCC)C5=O. The molecule has 0 radical (unpaired) electrons. The van der Waals surface area contributed by atoms with E-state index in [-0.39, 0.29) is 23.6 Å². The lowest BCUT2D eigenvalue weighted by Gasteiger charge is -2.30. The summed E-state index contributed by atoms with van der Waals surface area (Å²) >= 11 is 0. The van der Waals surface area contributed by atoms with Gasteiger partial charge in [-0.1, -0.05) is 101 Å². The van der Waals surface area contributed by atoms with Crippen LogP contribution in [0.4, 0.5) is 0 Å². The van der Waals surface area contributed by atoms with Gasteiger partial charge in [0, 0.05) is 56.9 Å². The highest BCUT2D eigenvalue weighted by atomic mass is 16.2. The van der Waals surface area contributed by atoms with Crippen LogP contribution < -0.4 is 0 Å². The van der Waals surface area contributed by atoms with E-state index in [2.05, 4.69) is 18.8 Å². The number of aromatic amines is 1. The molecule has 0 unspecified atom stereocenters. The average Bonchev–Trinajstić information content (AvgIpc) is 3.60. The van der Waals surface area contributed by atoms with Gasteiger partial charge in [-0.05, 0) is 52.6 Å². The molecule has 8 heteroatoms. The Labute approximate surface area is 294 Å². The molecule has 254 valence electrons. The van der Waals surface area contributed by atoms with Gasteiger partial charge < -0.3 is 4.98 Å². The molecular weight excluding hydrogens is 636 g/mol. The summed E-state index contributed by atoms with van der Waals surface area (Å²) in [5, 5.41) is 6.26. The zero-order chi connectivity index (χ0) is 35.0. The molecule has 0 saturated carbocycles. The summed E-state index contributed by atoms with van der Waals surface area (Å²) in [4.78, 5) is 68.1. The van der Waals surface area contributed by atoms with E-state index in [0.717, 1.165) is 89.2 Å². The first-order valence-electron chi connectivity index (χ1n) is 18.3. The summed E-state index contributed by atoms with van der Waals surface area (Å²) in [6, 6.07) is 21.2. The van der Waals surface area contributed by atoms with Gasteiger partial charge >= 0.3 is 0 Å². The summed E-state index contributed by atoms with van der Waals surface area (Å²) < 4.78 is 0. The Kier molecular flexibility index (Phi) is 7.38. The normalized spacial score (nSPS) is 14.5. The third-order valence-electron chi connectivity index (χ3n) is 11.0. The van der Waals surface area contributed by atoms with Crippen molar-refractivity contribution in [2.45, 2.75) is 65.2 Å². The fourth-order valence-corrected chi connectivity index (χ4v) is 8.55. The summed E-state index contributed by atoms with van der Waals surface area (Å²) in [6.45, 7) is 5.02. The molecule has 0 bridgehead atoms. The second kappa shape index (κ2) is 12.0. The number of imidazole rings is 1. The number of fused-ring (bicyclic) bond motifs is 5. The van der Waals surface area contributed by atoms with Crippen molar-refractivity contribution in [3.8, 4) is 11.4 Å². The van der Waals surface area contributed by atoms with E-state index in [1.54, 1.807) is 0 Å². The van der Waals surface area contributed by atoms with Crippen LogP contribution in [-0.4, -0.2) is 56.5 Å². The minimum Gasteiger partial charge on any atom is -0.337 e. The van der Waals surface area contributed by atoms with Gasteiger partial charge in [-0.25, -0.2) is 4.98 Å². The Bertz CT molecular complexity index is 2580. The van der Waals surface area contributed by atoms with Crippen LogP contribution in [0.25, 0.3) is 65.5 Å². The van der Waals surface area contributed by atoms with Crippen molar-refractivity contribution in [2.75, 3.05) is 13.1 Å². The molecular formula is C43H38N4O4. The average molecular weight is 675 g/mol. The van der Waals surface area contributed by atoms with Crippen molar-refractivity contribution in [1.82, 2.24) is 19.8 Å². The first-order valence-corrected chi connectivity index (χ1v) is 18.3. The predicted octanol–water partition coefficient (Wildman–Crippen LogP) is 9.63.